The number of carbonyl (C=O) groups is 2. The average Bonchev–Trinajstić information content (AvgIpc) is 3.08. The summed E-state index contributed by atoms with van der Waals surface area (Å²) in [6.07, 6.45) is 0.136. The summed E-state index contributed by atoms with van der Waals surface area (Å²) < 4.78 is 5.33. The summed E-state index contributed by atoms with van der Waals surface area (Å²) in [6, 6.07) is 14.3. The molecule has 0 aliphatic carbocycles. The van der Waals surface area contributed by atoms with Crippen molar-refractivity contribution >= 4 is 29.1 Å². The fraction of sp³-hybridized carbons (Fsp3) is 0.286. The Morgan fingerprint density at radius 1 is 1.36 bits per heavy atom. The first-order valence-corrected chi connectivity index (χ1v) is 9.18. The maximum Gasteiger partial charge on any atom is 0.228 e. The molecule has 1 unspecified atom stereocenters. The van der Waals surface area contributed by atoms with Crippen LogP contribution in [0.1, 0.15) is 17.5 Å². The number of ether oxygens (including phenoxy) is 1. The number of methoxy groups -OCH3 is 1. The first kappa shape index (κ1) is 19.7. The van der Waals surface area contributed by atoms with Crippen LogP contribution in [0, 0.1) is 17.2 Å². The van der Waals surface area contributed by atoms with Crippen LogP contribution >= 0.6 is 11.6 Å². The third kappa shape index (κ3) is 4.10. The molecule has 0 bridgehead atoms. The molecule has 0 saturated carbocycles. The Labute approximate surface area is 168 Å². The van der Waals surface area contributed by atoms with Gasteiger partial charge < -0.3 is 14.5 Å². The molecule has 1 heterocycles. The molecule has 6 nitrogen and oxygen atoms in total. The Morgan fingerprint density at radius 3 is 2.86 bits per heavy atom. The van der Waals surface area contributed by atoms with Crippen molar-refractivity contribution in [3.05, 3.63) is 58.6 Å². The molecule has 0 N–H and O–H groups in total. The van der Waals surface area contributed by atoms with E-state index in [-0.39, 0.29) is 24.8 Å². The van der Waals surface area contributed by atoms with Gasteiger partial charge in [-0.2, -0.15) is 5.26 Å². The second kappa shape index (κ2) is 8.32. The highest BCUT2D eigenvalue weighted by molar-refractivity contribution is 6.31. The minimum Gasteiger partial charge on any atom is -0.495 e. The zero-order chi connectivity index (χ0) is 20.3. The van der Waals surface area contributed by atoms with E-state index in [0.717, 1.165) is 5.56 Å². The zero-order valence-corrected chi connectivity index (χ0v) is 16.4. The van der Waals surface area contributed by atoms with Crippen molar-refractivity contribution in [2.75, 3.05) is 25.6 Å². The molecule has 1 aliphatic rings. The minimum absolute atomic E-state index is 0.112. The molecule has 144 valence electrons. The summed E-state index contributed by atoms with van der Waals surface area (Å²) in [4.78, 5) is 28.6. The summed E-state index contributed by atoms with van der Waals surface area (Å²) in [6.45, 7) is 0.649. The largest absolute Gasteiger partial charge is 0.495 e. The number of amides is 2. The molecule has 2 aromatic carbocycles. The number of nitriles is 1. The molecule has 1 saturated heterocycles. The Balaban J connectivity index is 1.73. The van der Waals surface area contributed by atoms with Crippen LogP contribution in [0.25, 0.3) is 0 Å². The molecule has 0 aromatic heterocycles. The van der Waals surface area contributed by atoms with E-state index in [9.17, 15) is 9.59 Å². The SMILES string of the molecule is COc1ccc(Cl)cc1N1CC(C(=O)N(C)Cc2cccc(C#N)c2)CC1=O. The first-order valence-electron chi connectivity index (χ1n) is 8.81. The van der Waals surface area contributed by atoms with Crippen LogP contribution in [-0.2, 0) is 16.1 Å². The van der Waals surface area contributed by atoms with Gasteiger partial charge in [0.15, 0.2) is 0 Å². The van der Waals surface area contributed by atoms with Crippen LogP contribution in [0.15, 0.2) is 42.5 Å². The van der Waals surface area contributed by atoms with Crippen molar-refractivity contribution in [2.24, 2.45) is 5.92 Å². The summed E-state index contributed by atoms with van der Waals surface area (Å²) in [5.41, 5.74) is 1.99. The predicted molar refractivity (Wildman–Crippen MR) is 106 cm³/mol. The number of nitrogens with zero attached hydrogens (tertiary/aromatic N) is 3. The highest BCUT2D eigenvalue weighted by Crippen LogP contribution is 2.35. The fourth-order valence-electron chi connectivity index (χ4n) is 3.38. The van der Waals surface area contributed by atoms with Crippen molar-refractivity contribution in [1.82, 2.24) is 4.90 Å². The lowest BCUT2D eigenvalue weighted by Crippen LogP contribution is -2.34. The average molecular weight is 398 g/mol. The molecular weight excluding hydrogens is 378 g/mol. The molecule has 2 amide bonds. The van der Waals surface area contributed by atoms with Crippen molar-refractivity contribution in [2.45, 2.75) is 13.0 Å². The third-order valence-electron chi connectivity index (χ3n) is 4.76. The van der Waals surface area contributed by atoms with Crippen molar-refractivity contribution in [3.63, 3.8) is 0 Å². The lowest BCUT2D eigenvalue weighted by atomic mass is 10.1. The molecule has 7 heteroatoms. The molecule has 28 heavy (non-hydrogen) atoms. The van der Waals surface area contributed by atoms with E-state index in [1.54, 1.807) is 53.2 Å². The Bertz CT molecular complexity index is 954. The standard InChI is InChI=1S/C21H20ClN3O3/c1-24(12-15-5-3-4-14(8-15)11-23)21(27)16-9-20(26)25(13-16)18-10-17(22)6-7-19(18)28-2/h3-8,10,16H,9,12-13H2,1-2H3. The van der Waals surface area contributed by atoms with Gasteiger partial charge >= 0.3 is 0 Å². The number of carbonyl (C=O) groups excluding carboxylic acids is 2. The normalized spacial score (nSPS) is 16.0. The minimum atomic E-state index is -0.444. The van der Waals surface area contributed by atoms with E-state index in [4.69, 9.17) is 21.6 Å². The Kier molecular flexibility index (Phi) is 5.86. The van der Waals surface area contributed by atoms with Gasteiger partial charge in [0.25, 0.3) is 0 Å². The summed E-state index contributed by atoms with van der Waals surface area (Å²) in [5.74, 6) is -0.161. The number of anilines is 1. The predicted octanol–water partition coefficient (Wildman–Crippen LogP) is 3.23. The summed E-state index contributed by atoms with van der Waals surface area (Å²) in [7, 11) is 3.23. The lowest BCUT2D eigenvalue weighted by molar-refractivity contribution is -0.135. The summed E-state index contributed by atoms with van der Waals surface area (Å²) in [5, 5.41) is 9.51. The van der Waals surface area contributed by atoms with Gasteiger partial charge in [0, 0.05) is 31.6 Å². The maximum atomic E-state index is 12.9. The topological polar surface area (TPSA) is 73.6 Å². The van der Waals surface area contributed by atoms with E-state index in [1.165, 1.54) is 7.11 Å². The van der Waals surface area contributed by atoms with Crippen LogP contribution in [0.3, 0.4) is 0 Å². The first-order chi connectivity index (χ1) is 13.4. The number of hydrogen-bond acceptors (Lipinski definition) is 4. The Hall–Kier alpha value is -3.04. The fourth-order valence-corrected chi connectivity index (χ4v) is 3.55. The van der Waals surface area contributed by atoms with Crippen molar-refractivity contribution in [3.8, 4) is 11.8 Å². The molecule has 1 aliphatic heterocycles. The Morgan fingerprint density at radius 2 is 2.14 bits per heavy atom. The smallest absolute Gasteiger partial charge is 0.228 e. The van der Waals surface area contributed by atoms with E-state index >= 15 is 0 Å². The number of halogens is 1. The van der Waals surface area contributed by atoms with Crippen molar-refractivity contribution < 1.29 is 14.3 Å². The van der Waals surface area contributed by atoms with Crippen LogP contribution in [0.2, 0.25) is 5.02 Å². The molecule has 0 radical (unpaired) electrons. The highest BCUT2D eigenvalue weighted by atomic mass is 35.5. The van der Waals surface area contributed by atoms with Crippen LogP contribution in [-0.4, -0.2) is 37.4 Å². The lowest BCUT2D eigenvalue weighted by Gasteiger charge is -2.22. The quantitative estimate of drug-likeness (QED) is 0.776. The molecule has 3 rings (SSSR count). The molecular formula is C21H20ClN3O3. The monoisotopic (exact) mass is 397 g/mol. The van der Waals surface area contributed by atoms with Gasteiger partial charge in [-0.05, 0) is 35.9 Å². The number of hydrogen-bond donors (Lipinski definition) is 0. The van der Waals surface area contributed by atoms with Crippen molar-refractivity contribution in [1.29, 1.82) is 5.26 Å². The molecule has 1 fully saturated rings. The second-order valence-electron chi connectivity index (χ2n) is 6.73. The molecule has 1 atom stereocenters. The molecule has 0 spiro atoms. The van der Waals surface area contributed by atoms with Gasteiger partial charge in [0.2, 0.25) is 11.8 Å². The van der Waals surface area contributed by atoms with E-state index in [1.807, 2.05) is 6.07 Å². The maximum absolute atomic E-state index is 12.9. The van der Waals surface area contributed by atoms with Gasteiger partial charge in [-0.3, -0.25) is 9.59 Å². The van der Waals surface area contributed by atoms with Crippen LogP contribution in [0.4, 0.5) is 5.69 Å². The van der Waals surface area contributed by atoms with Gasteiger partial charge in [-0.1, -0.05) is 23.7 Å². The zero-order valence-electron chi connectivity index (χ0n) is 15.7. The summed E-state index contributed by atoms with van der Waals surface area (Å²) >= 11 is 6.07. The van der Waals surface area contributed by atoms with Crippen LogP contribution in [0.5, 0.6) is 5.75 Å². The van der Waals surface area contributed by atoms with E-state index in [0.29, 0.717) is 28.6 Å². The number of benzene rings is 2. The van der Waals surface area contributed by atoms with Gasteiger partial charge in [0.05, 0.1) is 30.3 Å². The third-order valence-corrected chi connectivity index (χ3v) is 4.99. The van der Waals surface area contributed by atoms with Gasteiger partial charge in [-0.15, -0.1) is 0 Å². The second-order valence-corrected chi connectivity index (χ2v) is 7.16. The van der Waals surface area contributed by atoms with Gasteiger partial charge in [0.1, 0.15) is 5.75 Å². The van der Waals surface area contributed by atoms with Gasteiger partial charge in [-0.25, -0.2) is 0 Å². The highest BCUT2D eigenvalue weighted by Gasteiger charge is 2.37. The van der Waals surface area contributed by atoms with E-state index in [2.05, 4.69) is 6.07 Å². The number of rotatable bonds is 5. The molecule has 2 aromatic rings. The van der Waals surface area contributed by atoms with E-state index < -0.39 is 5.92 Å². The van der Waals surface area contributed by atoms with Crippen LogP contribution < -0.4 is 9.64 Å².